The van der Waals surface area contributed by atoms with Gasteiger partial charge in [0.2, 0.25) is 0 Å². The summed E-state index contributed by atoms with van der Waals surface area (Å²) < 4.78 is 5.24. The molecule has 0 aliphatic carbocycles. The molecule has 0 spiro atoms. The molecule has 2 rings (SSSR count). The van der Waals surface area contributed by atoms with E-state index >= 15 is 0 Å². The van der Waals surface area contributed by atoms with Gasteiger partial charge in [-0.05, 0) is 18.2 Å². The van der Waals surface area contributed by atoms with Gasteiger partial charge in [-0.3, -0.25) is 0 Å². The summed E-state index contributed by atoms with van der Waals surface area (Å²) in [4.78, 5) is 2.80. The number of benzene rings is 1. The predicted molar refractivity (Wildman–Crippen MR) is 54.3 cm³/mol. The number of hydrogen-bond acceptors (Lipinski definition) is 2. The molecule has 0 unspecified atom stereocenters. The molecule has 2 N–H and O–H groups in total. The highest BCUT2D eigenvalue weighted by Crippen LogP contribution is 2.23. The van der Waals surface area contributed by atoms with Crippen LogP contribution in [0.5, 0.6) is 11.6 Å². The Morgan fingerprint density at radius 2 is 2.29 bits per heavy atom. The summed E-state index contributed by atoms with van der Waals surface area (Å²) in [6.45, 7) is 0.252. The van der Waals surface area contributed by atoms with Crippen molar-refractivity contribution in [3.63, 3.8) is 0 Å². The van der Waals surface area contributed by atoms with Gasteiger partial charge in [-0.1, -0.05) is 5.92 Å². The van der Waals surface area contributed by atoms with Crippen LogP contribution >= 0.6 is 0 Å². The number of H-pyrrole nitrogens is 1. The summed E-state index contributed by atoms with van der Waals surface area (Å²) in [7, 11) is 0. The van der Waals surface area contributed by atoms with E-state index < -0.39 is 0 Å². The first-order chi connectivity index (χ1) is 6.79. The fraction of sp³-hybridized carbons (Fsp3) is 0.0909. The van der Waals surface area contributed by atoms with Gasteiger partial charge in [-0.2, -0.15) is 0 Å². The average molecular weight is 187 g/mol. The van der Waals surface area contributed by atoms with Crippen LogP contribution in [0.2, 0.25) is 0 Å². The number of fused-ring (bicyclic) bond motifs is 1. The Bertz CT molecular complexity index is 493. The molecule has 0 saturated carbocycles. The van der Waals surface area contributed by atoms with Gasteiger partial charge in [0.25, 0.3) is 0 Å². The van der Waals surface area contributed by atoms with Crippen molar-refractivity contribution in [3.05, 3.63) is 24.3 Å². The molecule has 0 amide bonds. The molecule has 0 saturated heterocycles. The highest BCUT2D eigenvalue weighted by atomic mass is 16.5. The first-order valence-electron chi connectivity index (χ1n) is 4.17. The maximum atomic E-state index is 9.19. The minimum absolute atomic E-state index is 0.147. The van der Waals surface area contributed by atoms with Gasteiger partial charge in [0.1, 0.15) is 12.4 Å². The summed E-state index contributed by atoms with van der Waals surface area (Å²) in [5, 5.41) is 10.1. The van der Waals surface area contributed by atoms with E-state index in [-0.39, 0.29) is 12.5 Å². The Labute approximate surface area is 81.3 Å². The smallest absolute Gasteiger partial charge is 0.189 e. The number of rotatable bonds is 2. The lowest BCUT2D eigenvalue weighted by molar-refractivity contribution is 0.371. The van der Waals surface area contributed by atoms with Crippen molar-refractivity contribution in [2.45, 2.75) is 0 Å². The molecule has 70 valence electrons. The molecular formula is C11H9NO2. The zero-order chi connectivity index (χ0) is 9.97. The summed E-state index contributed by atoms with van der Waals surface area (Å²) >= 11 is 0. The van der Waals surface area contributed by atoms with Crippen LogP contribution in [0.3, 0.4) is 0 Å². The Kier molecular flexibility index (Phi) is 2.04. The van der Waals surface area contributed by atoms with Crippen LogP contribution in [0, 0.1) is 12.3 Å². The van der Waals surface area contributed by atoms with Crippen molar-refractivity contribution < 1.29 is 9.84 Å². The number of aromatic hydroxyl groups is 1. The second-order valence-electron chi connectivity index (χ2n) is 2.90. The van der Waals surface area contributed by atoms with Crippen LogP contribution in [-0.4, -0.2) is 16.7 Å². The predicted octanol–water partition coefficient (Wildman–Crippen LogP) is 1.89. The average Bonchev–Trinajstić information content (AvgIpc) is 2.54. The number of hydrogen-bond donors (Lipinski definition) is 2. The molecule has 0 aliphatic heterocycles. The second kappa shape index (κ2) is 3.35. The monoisotopic (exact) mass is 187 g/mol. The van der Waals surface area contributed by atoms with Gasteiger partial charge in [0.15, 0.2) is 5.88 Å². The van der Waals surface area contributed by atoms with E-state index in [4.69, 9.17) is 11.2 Å². The number of ether oxygens (including phenoxy) is 1. The lowest BCUT2D eigenvalue weighted by Crippen LogP contribution is -1.92. The van der Waals surface area contributed by atoms with Crippen LogP contribution in [0.1, 0.15) is 0 Å². The summed E-state index contributed by atoms with van der Waals surface area (Å²) in [5.74, 6) is 3.24. The topological polar surface area (TPSA) is 45.2 Å². The summed E-state index contributed by atoms with van der Waals surface area (Å²) in [6.07, 6.45) is 5.07. The zero-order valence-electron chi connectivity index (χ0n) is 7.45. The maximum absolute atomic E-state index is 9.19. The molecular weight excluding hydrogens is 178 g/mol. The lowest BCUT2D eigenvalue weighted by Gasteiger charge is -2.00. The van der Waals surface area contributed by atoms with Crippen LogP contribution in [0.15, 0.2) is 24.3 Å². The van der Waals surface area contributed by atoms with Crippen molar-refractivity contribution in [1.29, 1.82) is 0 Å². The SMILES string of the molecule is C#CCOc1ccc2[nH]c(O)cc2c1. The third-order valence-corrected chi connectivity index (χ3v) is 1.90. The van der Waals surface area contributed by atoms with Crippen molar-refractivity contribution >= 4 is 10.9 Å². The van der Waals surface area contributed by atoms with Gasteiger partial charge >= 0.3 is 0 Å². The first kappa shape index (κ1) is 8.52. The highest BCUT2D eigenvalue weighted by molar-refractivity contribution is 5.82. The van der Waals surface area contributed by atoms with Crippen LogP contribution in [0.25, 0.3) is 10.9 Å². The van der Waals surface area contributed by atoms with E-state index in [1.54, 1.807) is 12.1 Å². The van der Waals surface area contributed by atoms with Gasteiger partial charge in [-0.15, -0.1) is 6.42 Å². The molecule has 1 heterocycles. The molecule has 2 aromatic rings. The molecule has 0 fully saturated rings. The van der Waals surface area contributed by atoms with Gasteiger partial charge in [-0.25, -0.2) is 0 Å². The molecule has 3 heteroatoms. The zero-order valence-corrected chi connectivity index (χ0v) is 7.45. The summed E-state index contributed by atoms with van der Waals surface area (Å²) in [6, 6.07) is 7.09. The summed E-state index contributed by atoms with van der Waals surface area (Å²) in [5.41, 5.74) is 0.871. The van der Waals surface area contributed by atoms with Crippen molar-refractivity contribution in [3.8, 4) is 24.0 Å². The van der Waals surface area contributed by atoms with E-state index in [0.29, 0.717) is 5.75 Å². The minimum Gasteiger partial charge on any atom is -0.495 e. The Morgan fingerprint density at radius 1 is 1.43 bits per heavy atom. The normalized spacial score (nSPS) is 9.93. The van der Waals surface area contributed by atoms with Crippen LogP contribution in [0.4, 0.5) is 0 Å². The van der Waals surface area contributed by atoms with Gasteiger partial charge < -0.3 is 14.8 Å². The number of terminal acetylenes is 1. The fourth-order valence-electron chi connectivity index (χ4n) is 1.31. The third-order valence-electron chi connectivity index (χ3n) is 1.90. The number of nitrogens with one attached hydrogen (secondary N) is 1. The maximum Gasteiger partial charge on any atom is 0.189 e. The largest absolute Gasteiger partial charge is 0.495 e. The molecule has 3 nitrogen and oxygen atoms in total. The Balaban J connectivity index is 2.36. The number of aromatic amines is 1. The van der Waals surface area contributed by atoms with E-state index in [9.17, 15) is 5.11 Å². The third kappa shape index (κ3) is 1.50. The van der Waals surface area contributed by atoms with Gasteiger partial charge in [0.05, 0.1) is 0 Å². The van der Waals surface area contributed by atoms with E-state index in [2.05, 4.69) is 10.9 Å². The van der Waals surface area contributed by atoms with E-state index in [1.807, 2.05) is 12.1 Å². The molecule has 1 aromatic carbocycles. The lowest BCUT2D eigenvalue weighted by atomic mass is 10.2. The molecule has 1 aromatic heterocycles. The number of aromatic nitrogens is 1. The van der Waals surface area contributed by atoms with E-state index in [0.717, 1.165) is 10.9 Å². The highest BCUT2D eigenvalue weighted by Gasteiger charge is 2.00. The Morgan fingerprint density at radius 3 is 3.07 bits per heavy atom. The molecule has 0 atom stereocenters. The molecule has 14 heavy (non-hydrogen) atoms. The van der Waals surface area contributed by atoms with Crippen molar-refractivity contribution in [1.82, 2.24) is 4.98 Å². The molecule has 0 radical (unpaired) electrons. The molecule has 0 aliphatic rings. The first-order valence-corrected chi connectivity index (χ1v) is 4.17. The van der Waals surface area contributed by atoms with Crippen LogP contribution in [-0.2, 0) is 0 Å². The quantitative estimate of drug-likeness (QED) is 0.705. The van der Waals surface area contributed by atoms with Gasteiger partial charge in [0, 0.05) is 17.0 Å². The second-order valence-corrected chi connectivity index (χ2v) is 2.90. The standard InChI is InChI=1S/C11H9NO2/c1-2-5-14-9-3-4-10-8(6-9)7-11(13)12-10/h1,3-4,6-7,12-13H,5H2. The van der Waals surface area contributed by atoms with Crippen LogP contribution < -0.4 is 4.74 Å². The van der Waals surface area contributed by atoms with Crippen molar-refractivity contribution in [2.75, 3.05) is 6.61 Å². The molecule has 0 bridgehead atoms. The van der Waals surface area contributed by atoms with Crippen molar-refractivity contribution in [2.24, 2.45) is 0 Å². The van der Waals surface area contributed by atoms with E-state index in [1.165, 1.54) is 0 Å². The fourth-order valence-corrected chi connectivity index (χ4v) is 1.31. The minimum atomic E-state index is 0.147. The Hall–Kier alpha value is -2.08.